The van der Waals surface area contributed by atoms with Gasteiger partial charge in [-0.1, -0.05) is 0 Å². The van der Waals surface area contributed by atoms with Crippen molar-refractivity contribution in [2.45, 2.75) is 26.0 Å². The summed E-state index contributed by atoms with van der Waals surface area (Å²) in [6.45, 7) is -0.241. The topological polar surface area (TPSA) is 86.9 Å². The first-order valence-electron chi connectivity index (χ1n) is 8.50. The molecule has 1 amide bonds. The van der Waals surface area contributed by atoms with E-state index in [1.807, 2.05) is 6.92 Å². The summed E-state index contributed by atoms with van der Waals surface area (Å²) in [4.78, 5) is 19.9. The predicted octanol–water partition coefficient (Wildman–Crippen LogP) is 2.13. The second-order valence-corrected chi connectivity index (χ2v) is 6.62. The van der Waals surface area contributed by atoms with Crippen molar-refractivity contribution < 1.29 is 18.3 Å². The Morgan fingerprint density at radius 3 is 2.81 bits per heavy atom. The minimum atomic E-state index is -2.67. The normalized spacial score (nSPS) is 18.3. The monoisotopic (exact) mass is 376 g/mol. The van der Waals surface area contributed by atoms with E-state index in [4.69, 9.17) is 4.74 Å². The largest absolute Gasteiger partial charge is 0.474 e. The van der Waals surface area contributed by atoms with Crippen molar-refractivity contribution in [1.29, 1.82) is 0 Å². The second-order valence-electron chi connectivity index (χ2n) is 6.62. The van der Waals surface area contributed by atoms with Gasteiger partial charge in [0.15, 0.2) is 0 Å². The summed E-state index contributed by atoms with van der Waals surface area (Å²) in [6.07, 6.45) is 4.21. The van der Waals surface area contributed by atoms with Gasteiger partial charge in [0.25, 0.3) is 0 Å². The SMILES string of the molecule is CC(Oc1nc(-c2cn(C(F)F)cn2)cc2nn(C)cc12)C1CNC(=O)C1. The van der Waals surface area contributed by atoms with Crippen LogP contribution in [0.25, 0.3) is 22.3 Å². The fourth-order valence-electron chi connectivity index (χ4n) is 3.14. The average molecular weight is 376 g/mol. The lowest BCUT2D eigenvalue weighted by Gasteiger charge is -2.19. The van der Waals surface area contributed by atoms with Gasteiger partial charge in [-0.15, -0.1) is 0 Å². The van der Waals surface area contributed by atoms with Crippen LogP contribution >= 0.6 is 0 Å². The summed E-state index contributed by atoms with van der Waals surface area (Å²) in [5.41, 5.74) is 1.32. The number of rotatable bonds is 5. The molecule has 3 aromatic heterocycles. The molecule has 10 heteroatoms. The Hall–Kier alpha value is -3.04. The van der Waals surface area contributed by atoms with Gasteiger partial charge in [0.2, 0.25) is 11.8 Å². The predicted molar refractivity (Wildman–Crippen MR) is 92.2 cm³/mol. The number of fused-ring (bicyclic) bond motifs is 1. The van der Waals surface area contributed by atoms with Crippen molar-refractivity contribution in [3.8, 4) is 17.3 Å². The molecule has 27 heavy (non-hydrogen) atoms. The number of nitrogens with one attached hydrogen (secondary N) is 1. The summed E-state index contributed by atoms with van der Waals surface area (Å²) in [5, 5.41) is 7.86. The summed E-state index contributed by atoms with van der Waals surface area (Å²) in [6, 6.07) is 1.69. The van der Waals surface area contributed by atoms with Crippen molar-refractivity contribution in [3.63, 3.8) is 0 Å². The van der Waals surface area contributed by atoms with Crippen molar-refractivity contribution in [1.82, 2.24) is 29.6 Å². The first-order valence-corrected chi connectivity index (χ1v) is 8.50. The molecule has 2 unspecified atom stereocenters. The van der Waals surface area contributed by atoms with Crippen molar-refractivity contribution in [3.05, 3.63) is 24.8 Å². The zero-order valence-corrected chi connectivity index (χ0v) is 14.8. The Kier molecular flexibility index (Phi) is 4.25. The molecule has 3 aromatic rings. The Morgan fingerprint density at radius 2 is 2.15 bits per heavy atom. The van der Waals surface area contributed by atoms with Crippen LogP contribution in [0.3, 0.4) is 0 Å². The Labute approximate surface area is 153 Å². The summed E-state index contributed by atoms with van der Waals surface area (Å²) >= 11 is 0. The maximum absolute atomic E-state index is 12.8. The van der Waals surface area contributed by atoms with E-state index < -0.39 is 6.55 Å². The van der Waals surface area contributed by atoms with Gasteiger partial charge in [-0.05, 0) is 13.0 Å². The Balaban J connectivity index is 1.70. The molecule has 0 bridgehead atoms. The van der Waals surface area contributed by atoms with Crippen LogP contribution in [-0.4, -0.2) is 42.9 Å². The van der Waals surface area contributed by atoms with Gasteiger partial charge in [-0.25, -0.2) is 9.97 Å². The van der Waals surface area contributed by atoms with E-state index in [9.17, 15) is 13.6 Å². The van der Waals surface area contributed by atoms with Gasteiger partial charge in [0, 0.05) is 38.3 Å². The van der Waals surface area contributed by atoms with Crippen LogP contribution < -0.4 is 10.1 Å². The molecule has 1 saturated heterocycles. The van der Waals surface area contributed by atoms with Crippen LogP contribution in [0.15, 0.2) is 24.8 Å². The minimum Gasteiger partial charge on any atom is -0.474 e. The maximum Gasteiger partial charge on any atom is 0.319 e. The fraction of sp³-hybridized carbons (Fsp3) is 0.412. The van der Waals surface area contributed by atoms with Gasteiger partial charge < -0.3 is 10.1 Å². The number of ether oxygens (including phenoxy) is 1. The lowest BCUT2D eigenvalue weighted by atomic mass is 10.0. The van der Waals surface area contributed by atoms with Gasteiger partial charge >= 0.3 is 6.55 Å². The number of carbonyl (C=O) groups is 1. The number of aromatic nitrogens is 5. The molecule has 0 saturated carbocycles. The van der Waals surface area contributed by atoms with Gasteiger partial charge in [0.05, 0.1) is 22.9 Å². The number of carbonyl (C=O) groups excluding carboxylic acids is 1. The molecular formula is C17H18F2N6O2. The quantitative estimate of drug-likeness (QED) is 0.737. The number of aryl methyl sites for hydroxylation is 1. The molecule has 1 aliphatic rings. The highest BCUT2D eigenvalue weighted by atomic mass is 19.3. The molecule has 1 fully saturated rings. The van der Waals surface area contributed by atoms with E-state index in [0.717, 1.165) is 6.33 Å². The number of imidazole rings is 1. The molecule has 0 radical (unpaired) electrons. The van der Waals surface area contributed by atoms with E-state index in [-0.39, 0.29) is 17.9 Å². The third-order valence-corrected chi connectivity index (χ3v) is 4.64. The van der Waals surface area contributed by atoms with Crippen LogP contribution in [0.5, 0.6) is 5.88 Å². The summed E-state index contributed by atoms with van der Waals surface area (Å²) in [5.74, 6) is 0.378. The number of pyridine rings is 1. The van der Waals surface area contributed by atoms with E-state index in [1.165, 1.54) is 6.20 Å². The smallest absolute Gasteiger partial charge is 0.319 e. The van der Waals surface area contributed by atoms with Crippen LogP contribution in [0.1, 0.15) is 19.9 Å². The third-order valence-electron chi connectivity index (χ3n) is 4.64. The zero-order chi connectivity index (χ0) is 19.1. The number of nitrogens with zero attached hydrogens (tertiary/aromatic N) is 5. The molecule has 4 heterocycles. The van der Waals surface area contributed by atoms with Crippen LogP contribution in [0.4, 0.5) is 8.78 Å². The van der Waals surface area contributed by atoms with Crippen LogP contribution in [0.2, 0.25) is 0 Å². The zero-order valence-electron chi connectivity index (χ0n) is 14.8. The second kappa shape index (κ2) is 6.60. The van der Waals surface area contributed by atoms with Gasteiger partial charge in [0.1, 0.15) is 11.8 Å². The highest BCUT2D eigenvalue weighted by Gasteiger charge is 2.29. The number of amides is 1. The van der Waals surface area contributed by atoms with Crippen molar-refractivity contribution >= 4 is 16.8 Å². The van der Waals surface area contributed by atoms with E-state index >= 15 is 0 Å². The Morgan fingerprint density at radius 1 is 1.33 bits per heavy atom. The maximum atomic E-state index is 12.8. The first kappa shape index (κ1) is 17.4. The van der Waals surface area contributed by atoms with Gasteiger partial charge in [-0.2, -0.15) is 13.9 Å². The highest BCUT2D eigenvalue weighted by molar-refractivity contribution is 5.86. The summed E-state index contributed by atoms with van der Waals surface area (Å²) < 4.78 is 34.1. The first-order chi connectivity index (χ1) is 12.9. The fourth-order valence-corrected chi connectivity index (χ4v) is 3.14. The molecule has 0 aliphatic carbocycles. The lowest BCUT2D eigenvalue weighted by molar-refractivity contribution is -0.119. The van der Waals surface area contributed by atoms with E-state index in [1.54, 1.807) is 24.0 Å². The minimum absolute atomic E-state index is 0.00113. The van der Waals surface area contributed by atoms with Crippen molar-refractivity contribution in [2.75, 3.05) is 6.54 Å². The molecule has 4 rings (SSSR count). The summed E-state index contributed by atoms with van der Waals surface area (Å²) in [7, 11) is 1.78. The van der Waals surface area contributed by atoms with Crippen LogP contribution in [-0.2, 0) is 11.8 Å². The number of alkyl halides is 2. The number of halogens is 2. The third kappa shape index (κ3) is 3.34. The van der Waals surface area contributed by atoms with Crippen LogP contribution in [0, 0.1) is 5.92 Å². The molecular weight excluding hydrogens is 358 g/mol. The molecule has 1 N–H and O–H groups in total. The Bertz CT molecular complexity index is 999. The number of hydrogen-bond donors (Lipinski definition) is 1. The van der Waals surface area contributed by atoms with E-state index in [0.29, 0.717) is 45.7 Å². The number of hydrogen-bond acceptors (Lipinski definition) is 5. The molecule has 2 atom stereocenters. The average Bonchev–Trinajstić information content (AvgIpc) is 3.32. The van der Waals surface area contributed by atoms with Gasteiger partial charge in [-0.3, -0.25) is 14.0 Å². The van der Waals surface area contributed by atoms with Crippen molar-refractivity contribution in [2.24, 2.45) is 13.0 Å². The highest BCUT2D eigenvalue weighted by Crippen LogP contribution is 2.30. The molecule has 0 spiro atoms. The molecule has 8 nitrogen and oxygen atoms in total. The molecule has 0 aromatic carbocycles. The molecule has 1 aliphatic heterocycles. The lowest BCUT2D eigenvalue weighted by Crippen LogP contribution is -2.26. The standard InChI is InChI=1S/C17H18F2N6O2/c1-9(10-3-15(26)20-5-10)27-16-11-6-24(2)23-12(11)4-13(22-16)14-7-25(8-21-14)17(18)19/h4,6-10,17H,3,5H2,1-2H3,(H,20,26). The van der Waals surface area contributed by atoms with E-state index in [2.05, 4.69) is 20.4 Å². The molecule has 142 valence electrons.